The highest BCUT2D eigenvalue weighted by atomic mass is 35.5. The van der Waals surface area contributed by atoms with Gasteiger partial charge in [0.15, 0.2) is 9.84 Å². The summed E-state index contributed by atoms with van der Waals surface area (Å²) in [6.45, 7) is 4.50. The summed E-state index contributed by atoms with van der Waals surface area (Å²) in [5, 5.41) is 0.687. The van der Waals surface area contributed by atoms with Gasteiger partial charge in [-0.15, -0.1) is 0 Å². The average Bonchev–Trinajstić information content (AvgIpc) is 2.42. The highest BCUT2D eigenvalue weighted by molar-refractivity contribution is 7.91. The first-order valence-electron chi connectivity index (χ1n) is 7.32. The summed E-state index contributed by atoms with van der Waals surface area (Å²) in [4.78, 5) is 2.19. The lowest BCUT2D eigenvalue weighted by molar-refractivity contribution is 0.134. The molecule has 1 aromatic rings. The zero-order valence-electron chi connectivity index (χ0n) is 12.5. The number of sulfone groups is 1. The zero-order valence-corrected chi connectivity index (χ0v) is 14.1. The molecule has 1 saturated heterocycles. The molecule has 0 amide bonds. The van der Waals surface area contributed by atoms with Gasteiger partial charge in [-0.2, -0.15) is 0 Å². The second-order valence-electron chi connectivity index (χ2n) is 5.74. The van der Waals surface area contributed by atoms with Crippen molar-refractivity contribution in [1.82, 2.24) is 4.90 Å². The van der Waals surface area contributed by atoms with E-state index in [4.69, 9.17) is 17.3 Å². The second-order valence-corrected chi connectivity index (χ2v) is 8.38. The minimum atomic E-state index is -2.94. The first kappa shape index (κ1) is 16.7. The van der Waals surface area contributed by atoms with Crippen LogP contribution in [-0.2, 0) is 9.84 Å². The lowest BCUT2D eigenvalue weighted by atomic mass is 9.95. The molecule has 0 bridgehead atoms. The Morgan fingerprint density at radius 1 is 1.43 bits per heavy atom. The van der Waals surface area contributed by atoms with Crippen LogP contribution < -0.4 is 5.73 Å². The minimum absolute atomic E-state index is 0.0470. The molecule has 3 atom stereocenters. The summed E-state index contributed by atoms with van der Waals surface area (Å²) in [5.41, 5.74) is 7.31. The molecule has 118 valence electrons. The SMILES string of the molecule is CCC(N)C(c1ccccc1Cl)N1CCS(=O)(=O)CC1C. The smallest absolute Gasteiger partial charge is 0.153 e. The molecule has 1 aliphatic rings. The van der Waals surface area contributed by atoms with E-state index in [0.29, 0.717) is 11.6 Å². The third-order valence-corrected chi connectivity index (χ3v) is 6.32. The molecule has 1 fully saturated rings. The third-order valence-electron chi connectivity index (χ3n) is 4.18. The fourth-order valence-electron chi connectivity index (χ4n) is 3.02. The van der Waals surface area contributed by atoms with E-state index in [0.717, 1.165) is 12.0 Å². The van der Waals surface area contributed by atoms with Gasteiger partial charge in [-0.1, -0.05) is 36.7 Å². The number of hydrogen-bond acceptors (Lipinski definition) is 4. The Labute approximate surface area is 132 Å². The van der Waals surface area contributed by atoms with Crippen LogP contribution in [0.25, 0.3) is 0 Å². The largest absolute Gasteiger partial charge is 0.326 e. The van der Waals surface area contributed by atoms with Gasteiger partial charge in [-0.05, 0) is 25.0 Å². The van der Waals surface area contributed by atoms with Gasteiger partial charge in [0, 0.05) is 23.7 Å². The quantitative estimate of drug-likeness (QED) is 0.919. The van der Waals surface area contributed by atoms with Crippen LogP contribution in [0, 0.1) is 0 Å². The highest BCUT2D eigenvalue weighted by Crippen LogP contribution is 2.33. The number of benzene rings is 1. The summed E-state index contributed by atoms with van der Waals surface area (Å²) < 4.78 is 23.6. The molecule has 1 heterocycles. The Balaban J connectivity index is 2.36. The molecule has 3 unspecified atom stereocenters. The fourth-order valence-corrected chi connectivity index (χ4v) is 4.85. The first-order valence-corrected chi connectivity index (χ1v) is 9.52. The minimum Gasteiger partial charge on any atom is -0.326 e. The van der Waals surface area contributed by atoms with Gasteiger partial charge >= 0.3 is 0 Å². The maximum Gasteiger partial charge on any atom is 0.153 e. The molecule has 0 aromatic heterocycles. The van der Waals surface area contributed by atoms with Crippen LogP contribution in [0.1, 0.15) is 31.9 Å². The van der Waals surface area contributed by atoms with Crippen molar-refractivity contribution in [3.8, 4) is 0 Å². The van der Waals surface area contributed by atoms with Crippen molar-refractivity contribution in [3.05, 3.63) is 34.9 Å². The first-order chi connectivity index (χ1) is 9.85. The van der Waals surface area contributed by atoms with Crippen LogP contribution in [0.3, 0.4) is 0 Å². The molecule has 0 aliphatic carbocycles. The van der Waals surface area contributed by atoms with Crippen molar-refractivity contribution < 1.29 is 8.42 Å². The third kappa shape index (κ3) is 3.77. The highest BCUT2D eigenvalue weighted by Gasteiger charge is 2.36. The van der Waals surface area contributed by atoms with E-state index in [-0.39, 0.29) is 29.6 Å². The van der Waals surface area contributed by atoms with Crippen molar-refractivity contribution in [2.24, 2.45) is 5.73 Å². The Kier molecular flexibility index (Phi) is 5.30. The lowest BCUT2D eigenvalue weighted by Gasteiger charge is -2.42. The second kappa shape index (κ2) is 6.65. The van der Waals surface area contributed by atoms with Crippen molar-refractivity contribution >= 4 is 21.4 Å². The van der Waals surface area contributed by atoms with Crippen molar-refractivity contribution in [1.29, 1.82) is 0 Å². The van der Waals surface area contributed by atoms with Crippen LogP contribution in [0.5, 0.6) is 0 Å². The lowest BCUT2D eigenvalue weighted by Crippen LogP contribution is -2.52. The molecule has 6 heteroatoms. The van der Waals surface area contributed by atoms with E-state index in [1.165, 1.54) is 0 Å². The maximum atomic E-state index is 11.8. The number of nitrogens with zero attached hydrogens (tertiary/aromatic N) is 1. The summed E-state index contributed by atoms with van der Waals surface area (Å²) in [7, 11) is -2.94. The fraction of sp³-hybridized carbons (Fsp3) is 0.600. The molecule has 0 saturated carbocycles. The predicted octanol–water partition coefficient (Wildman–Crippen LogP) is 2.24. The van der Waals surface area contributed by atoms with Gasteiger partial charge < -0.3 is 5.73 Å². The molecule has 1 aromatic carbocycles. The van der Waals surface area contributed by atoms with Crippen LogP contribution in [-0.4, -0.2) is 43.5 Å². The van der Waals surface area contributed by atoms with E-state index in [1.54, 1.807) is 0 Å². The topological polar surface area (TPSA) is 63.4 Å². The number of halogens is 1. The number of hydrogen-bond donors (Lipinski definition) is 1. The van der Waals surface area contributed by atoms with Crippen LogP contribution >= 0.6 is 11.6 Å². The molecular weight excluding hydrogens is 308 g/mol. The van der Waals surface area contributed by atoms with Gasteiger partial charge in [0.2, 0.25) is 0 Å². The monoisotopic (exact) mass is 330 g/mol. The van der Waals surface area contributed by atoms with Crippen LogP contribution in [0.15, 0.2) is 24.3 Å². The van der Waals surface area contributed by atoms with Gasteiger partial charge in [-0.3, -0.25) is 4.90 Å². The summed E-state index contributed by atoms with van der Waals surface area (Å²) >= 11 is 6.34. The molecule has 21 heavy (non-hydrogen) atoms. The number of nitrogens with two attached hydrogens (primary N) is 1. The molecule has 2 N–H and O–H groups in total. The Morgan fingerprint density at radius 2 is 2.10 bits per heavy atom. The molecule has 4 nitrogen and oxygen atoms in total. The van der Waals surface area contributed by atoms with Gasteiger partial charge in [0.25, 0.3) is 0 Å². The standard InChI is InChI=1S/C15H23ClN2O2S/c1-3-14(17)15(12-6-4-5-7-13(12)16)18-8-9-21(19,20)10-11(18)2/h4-7,11,14-15H,3,8-10,17H2,1-2H3. The maximum absolute atomic E-state index is 11.8. The Morgan fingerprint density at radius 3 is 2.67 bits per heavy atom. The molecule has 0 spiro atoms. The van der Waals surface area contributed by atoms with E-state index in [2.05, 4.69) is 4.90 Å². The summed E-state index contributed by atoms with van der Waals surface area (Å²) in [6, 6.07) is 7.51. The summed E-state index contributed by atoms with van der Waals surface area (Å²) in [5.74, 6) is 0.374. The predicted molar refractivity (Wildman–Crippen MR) is 87.3 cm³/mol. The van der Waals surface area contributed by atoms with Crippen molar-refractivity contribution in [2.45, 2.75) is 38.4 Å². The number of rotatable bonds is 4. The van der Waals surface area contributed by atoms with Gasteiger partial charge in [0.05, 0.1) is 17.5 Å². The zero-order chi connectivity index (χ0) is 15.6. The van der Waals surface area contributed by atoms with Crippen molar-refractivity contribution in [2.75, 3.05) is 18.1 Å². The average molecular weight is 331 g/mol. The van der Waals surface area contributed by atoms with E-state index in [9.17, 15) is 8.42 Å². The molecule has 0 radical (unpaired) electrons. The van der Waals surface area contributed by atoms with Crippen LogP contribution in [0.4, 0.5) is 0 Å². The van der Waals surface area contributed by atoms with E-state index >= 15 is 0 Å². The van der Waals surface area contributed by atoms with Crippen molar-refractivity contribution in [3.63, 3.8) is 0 Å². The van der Waals surface area contributed by atoms with Crippen LogP contribution in [0.2, 0.25) is 5.02 Å². The normalized spacial score (nSPS) is 25.4. The van der Waals surface area contributed by atoms with Gasteiger partial charge in [0.1, 0.15) is 0 Å². The van der Waals surface area contributed by atoms with E-state index < -0.39 is 9.84 Å². The van der Waals surface area contributed by atoms with E-state index in [1.807, 2.05) is 38.1 Å². The Hall–Kier alpha value is -0.620. The molecule has 1 aliphatic heterocycles. The Bertz CT molecular complexity index is 591. The summed E-state index contributed by atoms with van der Waals surface area (Å²) in [6.07, 6.45) is 0.811. The molecular formula is C15H23ClN2O2S. The van der Waals surface area contributed by atoms with Gasteiger partial charge in [-0.25, -0.2) is 8.42 Å². The molecule has 2 rings (SSSR count).